The lowest BCUT2D eigenvalue weighted by molar-refractivity contribution is 0.220. The van der Waals surface area contributed by atoms with E-state index in [-0.39, 0.29) is 0 Å². The fourth-order valence-electron chi connectivity index (χ4n) is 3.79. The van der Waals surface area contributed by atoms with E-state index >= 15 is 0 Å². The summed E-state index contributed by atoms with van der Waals surface area (Å²) in [5.41, 5.74) is 8.99. The van der Waals surface area contributed by atoms with E-state index in [1.54, 1.807) is 0 Å². The summed E-state index contributed by atoms with van der Waals surface area (Å²) in [6.45, 7) is 6.33. The summed E-state index contributed by atoms with van der Waals surface area (Å²) >= 11 is 0. The maximum atomic E-state index is 6.27. The quantitative estimate of drug-likeness (QED) is 0.681. The highest BCUT2D eigenvalue weighted by Crippen LogP contribution is 2.17. The zero-order chi connectivity index (χ0) is 16.6. The van der Waals surface area contributed by atoms with Crippen LogP contribution in [0.25, 0.3) is 0 Å². The molecule has 0 amide bonds. The van der Waals surface area contributed by atoms with Crippen molar-refractivity contribution in [1.82, 2.24) is 9.80 Å². The average molecular weight is 329 g/mol. The standard InChI is InChI=1S/C20H32N4/c21-20(24-14-8-1-2-9-15-24)22-16-18-10-4-5-11-19(18)17-23-12-6-3-7-13-23/h4-5,10-11H,1-3,6-9,12-17H2,(H2,21,22). The fraction of sp³-hybridized carbons (Fsp3) is 0.650. The van der Waals surface area contributed by atoms with Crippen molar-refractivity contribution in [3.05, 3.63) is 35.4 Å². The van der Waals surface area contributed by atoms with Gasteiger partial charge in [-0.25, -0.2) is 4.99 Å². The van der Waals surface area contributed by atoms with Crippen molar-refractivity contribution in [2.45, 2.75) is 58.0 Å². The van der Waals surface area contributed by atoms with Gasteiger partial charge in [-0.05, 0) is 49.9 Å². The minimum atomic E-state index is 0.701. The van der Waals surface area contributed by atoms with Gasteiger partial charge >= 0.3 is 0 Å². The molecule has 0 unspecified atom stereocenters. The maximum absolute atomic E-state index is 6.27. The molecule has 2 saturated heterocycles. The summed E-state index contributed by atoms with van der Waals surface area (Å²) in [6.07, 6.45) is 9.17. The van der Waals surface area contributed by atoms with Crippen LogP contribution in [0.4, 0.5) is 0 Å². The number of likely N-dealkylation sites (tertiary alicyclic amines) is 2. The van der Waals surface area contributed by atoms with Gasteiger partial charge in [0.05, 0.1) is 6.54 Å². The molecule has 0 aromatic heterocycles. The lowest BCUT2D eigenvalue weighted by Crippen LogP contribution is -2.38. The predicted molar refractivity (Wildman–Crippen MR) is 101 cm³/mol. The topological polar surface area (TPSA) is 44.9 Å². The van der Waals surface area contributed by atoms with Gasteiger partial charge in [0, 0.05) is 19.6 Å². The van der Waals surface area contributed by atoms with E-state index in [1.807, 2.05) is 0 Å². The van der Waals surface area contributed by atoms with Gasteiger partial charge in [-0.15, -0.1) is 0 Å². The molecule has 1 aromatic rings. The Bertz CT molecular complexity index is 526. The fourth-order valence-corrected chi connectivity index (χ4v) is 3.79. The number of aliphatic imine (C=N–C) groups is 1. The highest BCUT2D eigenvalue weighted by Gasteiger charge is 2.13. The molecule has 0 saturated carbocycles. The first-order valence-electron chi connectivity index (χ1n) is 9.67. The average Bonchev–Trinajstić information content (AvgIpc) is 2.91. The van der Waals surface area contributed by atoms with E-state index in [4.69, 9.17) is 10.7 Å². The van der Waals surface area contributed by atoms with Crippen LogP contribution in [0.5, 0.6) is 0 Å². The molecule has 3 rings (SSSR count). The van der Waals surface area contributed by atoms with E-state index < -0.39 is 0 Å². The van der Waals surface area contributed by atoms with Crippen molar-refractivity contribution < 1.29 is 0 Å². The molecule has 0 radical (unpaired) electrons. The van der Waals surface area contributed by atoms with Crippen LogP contribution in [0.15, 0.2) is 29.3 Å². The van der Waals surface area contributed by atoms with Crippen molar-refractivity contribution in [2.75, 3.05) is 26.2 Å². The van der Waals surface area contributed by atoms with Crippen LogP contribution in [0.3, 0.4) is 0 Å². The lowest BCUT2D eigenvalue weighted by Gasteiger charge is -2.27. The SMILES string of the molecule is NC(=NCc1ccccc1CN1CCCCC1)N1CCCCCC1. The van der Waals surface area contributed by atoms with Crippen LogP contribution in [0.1, 0.15) is 56.1 Å². The Morgan fingerprint density at radius 1 is 0.833 bits per heavy atom. The first kappa shape index (κ1) is 17.3. The molecular weight excluding hydrogens is 296 g/mol. The van der Waals surface area contributed by atoms with Crippen molar-refractivity contribution in [3.63, 3.8) is 0 Å². The zero-order valence-corrected chi connectivity index (χ0v) is 14.9. The van der Waals surface area contributed by atoms with Gasteiger partial charge in [0.1, 0.15) is 0 Å². The largest absolute Gasteiger partial charge is 0.370 e. The molecular formula is C20H32N4. The van der Waals surface area contributed by atoms with Crippen LogP contribution >= 0.6 is 0 Å². The molecule has 24 heavy (non-hydrogen) atoms. The third-order valence-corrected chi connectivity index (χ3v) is 5.30. The third-order valence-electron chi connectivity index (χ3n) is 5.30. The van der Waals surface area contributed by atoms with Gasteiger partial charge in [0.15, 0.2) is 5.96 Å². The summed E-state index contributed by atoms with van der Waals surface area (Å²) < 4.78 is 0. The zero-order valence-electron chi connectivity index (χ0n) is 14.9. The van der Waals surface area contributed by atoms with E-state index in [0.717, 1.165) is 25.6 Å². The number of hydrogen-bond acceptors (Lipinski definition) is 2. The van der Waals surface area contributed by atoms with Gasteiger partial charge in [-0.2, -0.15) is 0 Å². The molecule has 2 fully saturated rings. The van der Waals surface area contributed by atoms with Crippen LogP contribution < -0.4 is 5.73 Å². The van der Waals surface area contributed by atoms with Gasteiger partial charge < -0.3 is 10.6 Å². The predicted octanol–water partition coefficient (Wildman–Crippen LogP) is 3.36. The Kier molecular flexibility index (Phi) is 6.53. The second kappa shape index (κ2) is 9.07. The van der Waals surface area contributed by atoms with E-state index in [0.29, 0.717) is 6.54 Å². The van der Waals surface area contributed by atoms with E-state index in [1.165, 1.54) is 69.2 Å². The van der Waals surface area contributed by atoms with Crippen LogP contribution in [-0.4, -0.2) is 41.9 Å². The molecule has 2 N–H and O–H groups in total. The highest BCUT2D eigenvalue weighted by atomic mass is 15.2. The number of nitrogens with zero attached hydrogens (tertiary/aromatic N) is 3. The van der Waals surface area contributed by atoms with Crippen LogP contribution in [0.2, 0.25) is 0 Å². The summed E-state index contributed by atoms with van der Waals surface area (Å²) in [4.78, 5) is 9.55. The number of guanidine groups is 1. The Morgan fingerprint density at radius 2 is 1.42 bits per heavy atom. The van der Waals surface area contributed by atoms with E-state index in [2.05, 4.69) is 34.1 Å². The number of benzene rings is 1. The number of rotatable bonds is 4. The Balaban J connectivity index is 1.62. The van der Waals surface area contributed by atoms with Gasteiger partial charge in [-0.3, -0.25) is 4.90 Å². The molecule has 0 atom stereocenters. The molecule has 2 aliphatic rings. The first-order valence-corrected chi connectivity index (χ1v) is 9.67. The summed E-state index contributed by atoms with van der Waals surface area (Å²) in [6, 6.07) is 8.72. The monoisotopic (exact) mass is 328 g/mol. The highest BCUT2D eigenvalue weighted by molar-refractivity contribution is 5.78. The summed E-state index contributed by atoms with van der Waals surface area (Å²) in [7, 11) is 0. The van der Waals surface area contributed by atoms with Gasteiger partial charge in [0.2, 0.25) is 0 Å². The van der Waals surface area contributed by atoms with E-state index in [9.17, 15) is 0 Å². The second-order valence-electron chi connectivity index (χ2n) is 7.18. The van der Waals surface area contributed by atoms with Gasteiger partial charge in [-0.1, -0.05) is 43.5 Å². The van der Waals surface area contributed by atoms with Crippen molar-refractivity contribution in [2.24, 2.45) is 10.7 Å². The van der Waals surface area contributed by atoms with Gasteiger partial charge in [0.25, 0.3) is 0 Å². The normalized spacial score (nSPS) is 20.8. The van der Waals surface area contributed by atoms with Crippen LogP contribution in [-0.2, 0) is 13.1 Å². The molecule has 0 aliphatic carbocycles. The summed E-state index contributed by atoms with van der Waals surface area (Å²) in [5.74, 6) is 0.727. The van der Waals surface area contributed by atoms with Crippen molar-refractivity contribution in [1.29, 1.82) is 0 Å². The van der Waals surface area contributed by atoms with Crippen LogP contribution in [0, 0.1) is 0 Å². The molecule has 4 heteroatoms. The van der Waals surface area contributed by atoms with Crippen molar-refractivity contribution >= 4 is 5.96 Å². The minimum Gasteiger partial charge on any atom is -0.370 e. The van der Waals surface area contributed by atoms with Crippen molar-refractivity contribution in [3.8, 4) is 0 Å². The second-order valence-corrected chi connectivity index (χ2v) is 7.18. The third kappa shape index (κ3) is 4.97. The maximum Gasteiger partial charge on any atom is 0.191 e. The molecule has 132 valence electrons. The molecule has 1 aromatic carbocycles. The first-order chi connectivity index (χ1) is 11.8. The molecule has 4 nitrogen and oxygen atoms in total. The number of nitrogens with two attached hydrogens (primary N) is 1. The minimum absolute atomic E-state index is 0.701. The number of hydrogen-bond donors (Lipinski definition) is 1. The lowest BCUT2D eigenvalue weighted by atomic mass is 10.1. The molecule has 2 aliphatic heterocycles. The summed E-state index contributed by atoms with van der Waals surface area (Å²) in [5, 5.41) is 0. The Morgan fingerprint density at radius 3 is 2.12 bits per heavy atom. The number of piperidine rings is 1. The Labute approximate surface area is 146 Å². The molecule has 0 bridgehead atoms. The smallest absolute Gasteiger partial charge is 0.191 e. The Hall–Kier alpha value is -1.55. The molecule has 0 spiro atoms. The molecule has 2 heterocycles.